The van der Waals surface area contributed by atoms with Crippen LogP contribution in [0.4, 0.5) is 0 Å². The van der Waals surface area contributed by atoms with Crippen LogP contribution in [0.3, 0.4) is 0 Å². The van der Waals surface area contributed by atoms with Crippen molar-refractivity contribution < 1.29 is 14.0 Å². The third-order valence-electron chi connectivity index (χ3n) is 2.76. The minimum atomic E-state index is -2.30. The van der Waals surface area contributed by atoms with Crippen LogP contribution < -0.4 is 5.19 Å². The molecule has 1 rings (SSSR count). The molecule has 0 saturated carbocycles. The van der Waals surface area contributed by atoms with Crippen LogP contribution in [-0.2, 0) is 8.85 Å². The van der Waals surface area contributed by atoms with Crippen LogP contribution >= 0.6 is 0 Å². The van der Waals surface area contributed by atoms with Crippen LogP contribution in [0.15, 0.2) is 24.3 Å². The van der Waals surface area contributed by atoms with E-state index in [4.69, 9.17) is 8.85 Å². The van der Waals surface area contributed by atoms with E-state index in [9.17, 15) is 5.11 Å². The van der Waals surface area contributed by atoms with Crippen molar-refractivity contribution in [1.82, 2.24) is 0 Å². The average Bonchev–Trinajstić information content (AvgIpc) is 2.36. The van der Waals surface area contributed by atoms with Crippen LogP contribution in [0.2, 0.25) is 6.04 Å². The lowest BCUT2D eigenvalue weighted by Crippen LogP contribution is -2.53. The molecule has 1 N–H and O–H groups in total. The summed E-state index contributed by atoms with van der Waals surface area (Å²) in [5.74, 6) is 0.278. The Morgan fingerprint density at radius 3 is 2.24 bits per heavy atom. The predicted molar refractivity (Wildman–Crippen MR) is 71.8 cm³/mol. The normalized spacial score (nSPS) is 14.5. The van der Waals surface area contributed by atoms with Gasteiger partial charge in [0, 0.05) is 13.7 Å². The van der Waals surface area contributed by atoms with Crippen molar-refractivity contribution in [3.05, 3.63) is 24.3 Å². The van der Waals surface area contributed by atoms with Gasteiger partial charge < -0.3 is 14.0 Å². The highest BCUT2D eigenvalue weighted by Crippen LogP contribution is 2.17. The molecule has 0 fully saturated rings. The number of phenolic OH excluding ortho intramolecular Hbond substituents is 1. The molecule has 1 atom stereocenters. The summed E-state index contributed by atoms with van der Waals surface area (Å²) >= 11 is 0. The summed E-state index contributed by atoms with van der Waals surface area (Å²) in [4.78, 5) is 0. The summed E-state index contributed by atoms with van der Waals surface area (Å²) in [5, 5.41) is 10.4. The third-order valence-corrected chi connectivity index (χ3v) is 6.46. The Kier molecular flexibility index (Phi) is 5.68. The van der Waals surface area contributed by atoms with E-state index in [1.807, 2.05) is 12.1 Å². The zero-order valence-electron chi connectivity index (χ0n) is 10.9. The molecule has 0 heterocycles. The highest BCUT2D eigenvalue weighted by atomic mass is 28.4. The quantitative estimate of drug-likeness (QED) is 0.760. The van der Waals surface area contributed by atoms with Crippen molar-refractivity contribution in [2.24, 2.45) is 0 Å². The monoisotopic (exact) mass is 254 g/mol. The van der Waals surface area contributed by atoms with Crippen LogP contribution in [0.1, 0.15) is 26.7 Å². The van der Waals surface area contributed by atoms with Gasteiger partial charge in [0.15, 0.2) is 0 Å². The maximum Gasteiger partial charge on any atom is 0.372 e. The summed E-state index contributed by atoms with van der Waals surface area (Å²) < 4.78 is 11.8. The largest absolute Gasteiger partial charge is 0.508 e. The van der Waals surface area contributed by atoms with Gasteiger partial charge >= 0.3 is 8.56 Å². The summed E-state index contributed by atoms with van der Waals surface area (Å²) in [6, 6.07) is 8.16. The van der Waals surface area contributed by atoms with E-state index < -0.39 is 8.56 Å². The first-order valence-corrected chi connectivity index (χ1v) is 8.19. The number of aromatic hydroxyl groups is 1. The van der Waals surface area contributed by atoms with Gasteiger partial charge in [-0.2, -0.15) is 0 Å². The fourth-order valence-electron chi connectivity index (χ4n) is 1.89. The van der Waals surface area contributed by atoms with E-state index in [0.29, 0.717) is 0 Å². The summed E-state index contributed by atoms with van der Waals surface area (Å²) in [6.45, 7) is 4.95. The van der Waals surface area contributed by atoms with E-state index in [2.05, 4.69) is 13.8 Å². The Hall–Kier alpha value is -0.843. The van der Waals surface area contributed by atoms with Crippen molar-refractivity contribution in [2.75, 3.05) is 13.7 Å². The Morgan fingerprint density at radius 1 is 1.12 bits per heavy atom. The molecule has 0 spiro atoms. The van der Waals surface area contributed by atoms with Gasteiger partial charge in [0.2, 0.25) is 0 Å². The maximum absolute atomic E-state index is 9.33. The SMILES string of the molecule is CCCO[Si](CCC)(OC)c1ccc(O)cc1. The van der Waals surface area contributed by atoms with E-state index in [-0.39, 0.29) is 5.75 Å². The molecule has 0 aliphatic heterocycles. The number of hydrogen-bond donors (Lipinski definition) is 1. The number of rotatable bonds is 7. The lowest BCUT2D eigenvalue weighted by atomic mass is 10.3. The van der Waals surface area contributed by atoms with Gasteiger partial charge in [-0.1, -0.05) is 32.4 Å². The topological polar surface area (TPSA) is 38.7 Å². The smallest absolute Gasteiger partial charge is 0.372 e. The summed E-state index contributed by atoms with van der Waals surface area (Å²) in [6.07, 6.45) is 2.02. The molecule has 96 valence electrons. The number of phenols is 1. The molecule has 17 heavy (non-hydrogen) atoms. The van der Waals surface area contributed by atoms with E-state index in [1.54, 1.807) is 19.2 Å². The maximum atomic E-state index is 9.33. The molecule has 0 radical (unpaired) electrons. The van der Waals surface area contributed by atoms with Crippen LogP contribution in [-0.4, -0.2) is 27.4 Å². The molecule has 3 nitrogen and oxygen atoms in total. The molecule has 1 aromatic carbocycles. The van der Waals surface area contributed by atoms with Gasteiger partial charge in [-0.05, 0) is 29.8 Å². The first-order chi connectivity index (χ1) is 8.18. The van der Waals surface area contributed by atoms with Crippen molar-refractivity contribution in [2.45, 2.75) is 32.7 Å². The Balaban J connectivity index is 2.97. The van der Waals surface area contributed by atoms with Crippen LogP contribution in [0.25, 0.3) is 0 Å². The minimum Gasteiger partial charge on any atom is -0.508 e. The molecule has 0 amide bonds. The second kappa shape index (κ2) is 6.79. The van der Waals surface area contributed by atoms with Crippen molar-refractivity contribution in [1.29, 1.82) is 0 Å². The van der Waals surface area contributed by atoms with Gasteiger partial charge in [0.05, 0.1) is 0 Å². The van der Waals surface area contributed by atoms with Crippen molar-refractivity contribution >= 4 is 13.7 Å². The molecule has 4 heteroatoms. The van der Waals surface area contributed by atoms with Crippen LogP contribution in [0, 0.1) is 0 Å². The van der Waals surface area contributed by atoms with Gasteiger partial charge in [-0.15, -0.1) is 0 Å². The Labute approximate surface area is 105 Å². The standard InChI is InChI=1S/C13H22O3Si/c1-4-10-16-17(15-3,11-5-2)13-8-6-12(14)7-9-13/h6-9,14H,4-5,10-11H2,1-3H3. The predicted octanol–water partition coefficient (Wildman–Crippen LogP) is 2.52. The minimum absolute atomic E-state index is 0.278. The zero-order chi connectivity index (χ0) is 12.7. The number of hydrogen-bond acceptors (Lipinski definition) is 3. The van der Waals surface area contributed by atoms with Crippen molar-refractivity contribution in [3.63, 3.8) is 0 Å². The average molecular weight is 254 g/mol. The number of benzene rings is 1. The Bertz CT molecular complexity index is 326. The fourth-order valence-corrected chi connectivity index (χ4v) is 4.91. The molecule has 0 bridgehead atoms. The fraction of sp³-hybridized carbons (Fsp3) is 0.538. The molecular formula is C13H22O3Si. The second-order valence-electron chi connectivity index (χ2n) is 4.10. The van der Waals surface area contributed by atoms with Crippen LogP contribution in [0.5, 0.6) is 5.75 Å². The molecule has 0 aliphatic carbocycles. The molecular weight excluding hydrogens is 232 g/mol. The first-order valence-electron chi connectivity index (χ1n) is 6.17. The van der Waals surface area contributed by atoms with Gasteiger partial charge in [0.1, 0.15) is 5.75 Å². The lowest BCUT2D eigenvalue weighted by Gasteiger charge is -2.29. The second-order valence-corrected chi connectivity index (χ2v) is 7.38. The molecule has 1 unspecified atom stereocenters. The zero-order valence-corrected chi connectivity index (χ0v) is 11.9. The molecule has 0 aromatic heterocycles. The van der Waals surface area contributed by atoms with Gasteiger partial charge in [0.25, 0.3) is 0 Å². The third kappa shape index (κ3) is 3.56. The lowest BCUT2D eigenvalue weighted by molar-refractivity contribution is 0.211. The van der Waals surface area contributed by atoms with E-state index >= 15 is 0 Å². The first kappa shape index (κ1) is 14.2. The molecule has 0 aliphatic rings. The highest BCUT2D eigenvalue weighted by Gasteiger charge is 2.37. The summed E-state index contributed by atoms with van der Waals surface area (Å²) in [7, 11) is -0.574. The molecule has 0 saturated heterocycles. The highest BCUT2D eigenvalue weighted by molar-refractivity contribution is 6.81. The van der Waals surface area contributed by atoms with Gasteiger partial charge in [-0.3, -0.25) is 0 Å². The summed E-state index contributed by atoms with van der Waals surface area (Å²) in [5.41, 5.74) is 0. The molecule has 1 aromatic rings. The van der Waals surface area contributed by atoms with Gasteiger partial charge in [-0.25, -0.2) is 0 Å². The van der Waals surface area contributed by atoms with E-state index in [1.165, 1.54) is 0 Å². The Morgan fingerprint density at radius 2 is 1.76 bits per heavy atom. The van der Waals surface area contributed by atoms with E-state index in [0.717, 1.165) is 30.7 Å². The van der Waals surface area contributed by atoms with Crippen molar-refractivity contribution in [3.8, 4) is 5.75 Å².